The van der Waals surface area contributed by atoms with Crippen LogP contribution in [0.2, 0.25) is 0 Å². The Labute approximate surface area is 144 Å². The van der Waals surface area contributed by atoms with Gasteiger partial charge in [-0.15, -0.1) is 0 Å². The number of unbranched alkanes of at least 4 members (excludes halogenated alkanes) is 2. The Balaban J connectivity index is 1.43. The first-order chi connectivity index (χ1) is 11.9. The molecule has 0 atom stereocenters. The van der Waals surface area contributed by atoms with Crippen molar-refractivity contribution in [1.29, 1.82) is 0 Å². The smallest absolute Gasteiger partial charge is 0.104 e. The maximum absolute atomic E-state index is 5.54. The topological polar surface area (TPSA) is 26.3 Å². The maximum Gasteiger partial charge on any atom is 0.104 e. The number of hydrogen-bond acceptors (Lipinski definition) is 2. The van der Waals surface area contributed by atoms with Crippen molar-refractivity contribution in [1.82, 2.24) is 0 Å². The number of furan rings is 2. The summed E-state index contributed by atoms with van der Waals surface area (Å²) in [4.78, 5) is 0. The molecule has 24 heavy (non-hydrogen) atoms. The molecule has 0 unspecified atom stereocenters. The van der Waals surface area contributed by atoms with Crippen LogP contribution in [-0.2, 0) is 19.3 Å². The van der Waals surface area contributed by atoms with Crippen molar-refractivity contribution in [3.63, 3.8) is 0 Å². The molecule has 0 saturated carbocycles. The summed E-state index contributed by atoms with van der Waals surface area (Å²) in [7, 11) is 0. The van der Waals surface area contributed by atoms with Crippen LogP contribution in [0.1, 0.15) is 42.8 Å². The Kier molecular flexibility index (Phi) is 6.35. The summed E-state index contributed by atoms with van der Waals surface area (Å²) in [5.41, 5.74) is 1.44. The first-order valence-electron chi connectivity index (χ1n) is 8.99. The lowest BCUT2D eigenvalue weighted by molar-refractivity contribution is 0.373. The third-order valence-corrected chi connectivity index (χ3v) is 4.56. The Hall–Kier alpha value is -2.22. The van der Waals surface area contributed by atoms with Gasteiger partial charge >= 0.3 is 0 Å². The zero-order chi connectivity index (χ0) is 16.5. The Morgan fingerprint density at radius 1 is 0.667 bits per heavy atom. The van der Waals surface area contributed by atoms with E-state index in [0.29, 0.717) is 5.92 Å². The molecule has 0 spiro atoms. The monoisotopic (exact) mass is 322 g/mol. The van der Waals surface area contributed by atoms with E-state index < -0.39 is 0 Å². The van der Waals surface area contributed by atoms with E-state index >= 15 is 0 Å². The highest BCUT2D eigenvalue weighted by Gasteiger charge is 2.14. The summed E-state index contributed by atoms with van der Waals surface area (Å²) in [6.45, 7) is 0. The van der Waals surface area contributed by atoms with Crippen molar-refractivity contribution in [2.45, 2.75) is 44.9 Å². The van der Waals surface area contributed by atoms with E-state index in [1.807, 2.05) is 12.1 Å². The number of hydrogen-bond donors (Lipinski definition) is 0. The normalized spacial score (nSPS) is 11.2. The van der Waals surface area contributed by atoms with Gasteiger partial charge in [0, 0.05) is 12.8 Å². The van der Waals surface area contributed by atoms with Crippen molar-refractivity contribution >= 4 is 0 Å². The second-order valence-electron chi connectivity index (χ2n) is 6.52. The second-order valence-corrected chi connectivity index (χ2v) is 6.52. The maximum atomic E-state index is 5.54. The van der Waals surface area contributed by atoms with Crippen LogP contribution >= 0.6 is 0 Å². The lowest BCUT2D eigenvalue weighted by atomic mass is 9.92. The summed E-state index contributed by atoms with van der Waals surface area (Å²) >= 11 is 0. The van der Waals surface area contributed by atoms with Gasteiger partial charge in [-0.05, 0) is 55.0 Å². The summed E-state index contributed by atoms with van der Waals surface area (Å²) in [6.07, 6.45) is 11.7. The van der Waals surface area contributed by atoms with Crippen molar-refractivity contribution in [2.75, 3.05) is 0 Å². The average molecular weight is 322 g/mol. The standard InChI is InChI=1S/C22H26O2/c1-3-9-19(10-4-1)11-5-2-6-12-20(17-21-13-7-15-23-21)18-22-14-8-16-24-22/h1,3-4,7-10,13-16,20H,2,5-6,11-12,17-18H2. The van der Waals surface area contributed by atoms with E-state index in [9.17, 15) is 0 Å². The molecule has 0 saturated heterocycles. The zero-order valence-electron chi connectivity index (χ0n) is 14.2. The van der Waals surface area contributed by atoms with Crippen LogP contribution in [0.5, 0.6) is 0 Å². The largest absolute Gasteiger partial charge is 0.469 e. The van der Waals surface area contributed by atoms with Crippen molar-refractivity contribution in [2.24, 2.45) is 5.92 Å². The molecule has 0 amide bonds. The molecule has 0 aliphatic carbocycles. The van der Waals surface area contributed by atoms with Crippen LogP contribution in [0.4, 0.5) is 0 Å². The fraction of sp³-hybridized carbons (Fsp3) is 0.364. The van der Waals surface area contributed by atoms with Crippen LogP contribution in [0.15, 0.2) is 76.0 Å². The highest BCUT2D eigenvalue weighted by atomic mass is 16.3. The van der Waals surface area contributed by atoms with Gasteiger partial charge in [-0.2, -0.15) is 0 Å². The molecule has 0 fully saturated rings. The fourth-order valence-electron chi connectivity index (χ4n) is 3.29. The molecule has 0 radical (unpaired) electrons. The third kappa shape index (κ3) is 5.45. The van der Waals surface area contributed by atoms with E-state index in [2.05, 4.69) is 42.5 Å². The van der Waals surface area contributed by atoms with Gasteiger partial charge in [0.15, 0.2) is 0 Å². The second kappa shape index (κ2) is 9.17. The Morgan fingerprint density at radius 3 is 1.92 bits per heavy atom. The molecule has 0 bridgehead atoms. The quantitative estimate of drug-likeness (QED) is 0.423. The van der Waals surface area contributed by atoms with Gasteiger partial charge in [-0.1, -0.05) is 43.2 Å². The van der Waals surface area contributed by atoms with Crippen molar-refractivity contribution in [3.05, 3.63) is 84.2 Å². The van der Waals surface area contributed by atoms with E-state index in [1.54, 1.807) is 12.5 Å². The molecule has 0 aliphatic heterocycles. The number of rotatable bonds is 10. The van der Waals surface area contributed by atoms with Gasteiger partial charge in [0.25, 0.3) is 0 Å². The summed E-state index contributed by atoms with van der Waals surface area (Å²) in [6, 6.07) is 18.9. The van der Waals surface area contributed by atoms with Crippen LogP contribution in [0.3, 0.4) is 0 Å². The summed E-state index contributed by atoms with van der Waals surface area (Å²) < 4.78 is 11.1. The molecule has 2 nitrogen and oxygen atoms in total. The molecule has 2 heterocycles. The minimum Gasteiger partial charge on any atom is -0.469 e. The summed E-state index contributed by atoms with van der Waals surface area (Å²) in [5, 5.41) is 0. The molecule has 0 N–H and O–H groups in total. The molecular formula is C22H26O2. The highest BCUT2D eigenvalue weighted by molar-refractivity contribution is 5.14. The first-order valence-corrected chi connectivity index (χ1v) is 8.99. The zero-order valence-corrected chi connectivity index (χ0v) is 14.2. The van der Waals surface area contributed by atoms with Crippen molar-refractivity contribution in [3.8, 4) is 0 Å². The molecule has 3 rings (SSSR count). The minimum atomic E-state index is 0.582. The lowest BCUT2D eigenvalue weighted by Gasteiger charge is -2.14. The van der Waals surface area contributed by atoms with Crippen LogP contribution in [-0.4, -0.2) is 0 Å². The number of benzene rings is 1. The van der Waals surface area contributed by atoms with Gasteiger partial charge in [0.2, 0.25) is 0 Å². The Morgan fingerprint density at radius 2 is 1.33 bits per heavy atom. The molecule has 1 aromatic carbocycles. The van der Waals surface area contributed by atoms with Gasteiger partial charge in [-0.25, -0.2) is 0 Å². The van der Waals surface area contributed by atoms with Gasteiger partial charge in [-0.3, -0.25) is 0 Å². The molecule has 0 aliphatic rings. The average Bonchev–Trinajstić information content (AvgIpc) is 3.29. The van der Waals surface area contributed by atoms with Crippen LogP contribution in [0, 0.1) is 5.92 Å². The van der Waals surface area contributed by atoms with Crippen molar-refractivity contribution < 1.29 is 8.83 Å². The highest BCUT2D eigenvalue weighted by Crippen LogP contribution is 2.21. The van der Waals surface area contributed by atoms with Gasteiger partial charge in [0.1, 0.15) is 11.5 Å². The van der Waals surface area contributed by atoms with E-state index in [4.69, 9.17) is 8.83 Å². The van der Waals surface area contributed by atoms with Crippen LogP contribution in [0.25, 0.3) is 0 Å². The summed E-state index contributed by atoms with van der Waals surface area (Å²) in [5.74, 6) is 2.74. The number of aryl methyl sites for hydroxylation is 1. The fourth-order valence-corrected chi connectivity index (χ4v) is 3.29. The predicted octanol–water partition coefficient (Wildman–Crippen LogP) is 6.08. The van der Waals surface area contributed by atoms with Gasteiger partial charge in [0.05, 0.1) is 12.5 Å². The SMILES string of the molecule is c1ccc(CCCCCC(Cc2ccco2)Cc2ccco2)cc1. The van der Waals surface area contributed by atoms with E-state index in [1.165, 1.54) is 37.7 Å². The molecule has 2 heteroatoms. The predicted molar refractivity (Wildman–Crippen MR) is 96.9 cm³/mol. The molecule has 126 valence electrons. The molecule has 2 aromatic heterocycles. The molecular weight excluding hydrogens is 296 g/mol. The Bertz CT molecular complexity index is 617. The molecule has 3 aromatic rings. The van der Waals surface area contributed by atoms with E-state index in [0.717, 1.165) is 24.4 Å². The lowest BCUT2D eigenvalue weighted by Crippen LogP contribution is -2.08. The van der Waals surface area contributed by atoms with Crippen LogP contribution < -0.4 is 0 Å². The third-order valence-electron chi connectivity index (χ3n) is 4.56. The first kappa shape index (κ1) is 16.6. The van der Waals surface area contributed by atoms with E-state index in [-0.39, 0.29) is 0 Å². The van der Waals surface area contributed by atoms with Gasteiger partial charge < -0.3 is 8.83 Å². The minimum absolute atomic E-state index is 0.582.